The topological polar surface area (TPSA) is 68.5 Å². The fraction of sp³-hybridized carbons (Fsp3) is 0.235. The summed E-state index contributed by atoms with van der Waals surface area (Å²) in [5.41, 5.74) is 1.67. The van der Waals surface area contributed by atoms with Crippen molar-refractivity contribution in [2.75, 3.05) is 24.6 Å². The van der Waals surface area contributed by atoms with Crippen molar-refractivity contribution in [1.29, 1.82) is 0 Å². The van der Waals surface area contributed by atoms with Gasteiger partial charge < -0.3 is 9.64 Å². The zero-order valence-corrected chi connectivity index (χ0v) is 13.6. The number of anilines is 1. The Morgan fingerprint density at radius 3 is 3.00 bits per heavy atom. The summed E-state index contributed by atoms with van der Waals surface area (Å²) < 4.78 is 5.89. The molecule has 1 aliphatic rings. The highest BCUT2D eigenvalue weighted by Gasteiger charge is 2.25. The van der Waals surface area contributed by atoms with Gasteiger partial charge in [0.05, 0.1) is 22.6 Å². The van der Waals surface area contributed by atoms with E-state index in [1.807, 2.05) is 11.4 Å². The summed E-state index contributed by atoms with van der Waals surface area (Å²) in [6, 6.07) is 10.9. The van der Waals surface area contributed by atoms with Gasteiger partial charge in [-0.25, -0.2) is 0 Å². The van der Waals surface area contributed by atoms with Crippen LogP contribution < -0.4 is 4.90 Å². The Balaban J connectivity index is 1.74. The van der Waals surface area contributed by atoms with Crippen LogP contribution in [0.25, 0.3) is 10.9 Å². The summed E-state index contributed by atoms with van der Waals surface area (Å²) in [5.74, 6) is 0. The average Bonchev–Trinajstić information content (AvgIpc) is 3.15. The maximum Gasteiger partial charge on any atom is 0.278 e. The van der Waals surface area contributed by atoms with E-state index in [0.29, 0.717) is 24.1 Å². The van der Waals surface area contributed by atoms with Crippen molar-refractivity contribution in [2.24, 2.45) is 0 Å². The van der Waals surface area contributed by atoms with Crippen LogP contribution >= 0.6 is 11.3 Å². The molecule has 1 aromatic carbocycles. The number of benzene rings is 1. The van der Waals surface area contributed by atoms with Crippen molar-refractivity contribution in [3.05, 3.63) is 63.0 Å². The molecule has 6 nitrogen and oxygen atoms in total. The first-order valence-corrected chi connectivity index (χ1v) is 8.54. The van der Waals surface area contributed by atoms with Crippen LogP contribution in [-0.4, -0.2) is 29.6 Å². The molecule has 1 aliphatic heterocycles. The van der Waals surface area contributed by atoms with Gasteiger partial charge in [-0.2, -0.15) is 0 Å². The fourth-order valence-electron chi connectivity index (χ4n) is 3.07. The molecule has 1 atom stereocenters. The van der Waals surface area contributed by atoms with Crippen LogP contribution in [0.4, 0.5) is 11.4 Å². The Hall–Kier alpha value is -2.51. The van der Waals surface area contributed by atoms with Crippen LogP contribution in [0, 0.1) is 10.1 Å². The Morgan fingerprint density at radius 2 is 2.21 bits per heavy atom. The van der Waals surface area contributed by atoms with Gasteiger partial charge in [0, 0.05) is 30.2 Å². The monoisotopic (exact) mass is 341 g/mol. The minimum atomic E-state index is -0.360. The molecule has 24 heavy (non-hydrogen) atoms. The third kappa shape index (κ3) is 2.61. The second-order valence-corrected chi connectivity index (χ2v) is 6.56. The number of aromatic nitrogens is 1. The minimum absolute atomic E-state index is 0.0210. The van der Waals surface area contributed by atoms with E-state index in [-0.39, 0.29) is 16.7 Å². The number of morpholine rings is 1. The summed E-state index contributed by atoms with van der Waals surface area (Å²) in [7, 11) is 0. The molecule has 1 fully saturated rings. The molecule has 4 rings (SSSR count). The number of pyridine rings is 1. The smallest absolute Gasteiger partial charge is 0.278 e. The molecule has 2 aromatic heterocycles. The molecule has 0 radical (unpaired) electrons. The molecule has 1 unspecified atom stereocenters. The minimum Gasteiger partial charge on any atom is -0.369 e. The van der Waals surface area contributed by atoms with Crippen LogP contribution in [-0.2, 0) is 4.74 Å². The number of thiophene rings is 1. The summed E-state index contributed by atoms with van der Waals surface area (Å²) in [6.07, 6.45) is 1.69. The maximum atomic E-state index is 11.3. The number of non-ortho nitro benzene ring substituents is 1. The number of nitro groups is 1. The average molecular weight is 341 g/mol. The van der Waals surface area contributed by atoms with Crippen molar-refractivity contribution in [3.8, 4) is 0 Å². The van der Waals surface area contributed by atoms with Gasteiger partial charge in [0.1, 0.15) is 11.6 Å². The second-order valence-electron chi connectivity index (χ2n) is 5.58. The van der Waals surface area contributed by atoms with E-state index in [0.717, 1.165) is 12.2 Å². The van der Waals surface area contributed by atoms with Crippen LogP contribution in [0.15, 0.2) is 48.0 Å². The predicted molar refractivity (Wildman–Crippen MR) is 93.6 cm³/mol. The van der Waals surface area contributed by atoms with Crippen molar-refractivity contribution < 1.29 is 9.66 Å². The lowest BCUT2D eigenvalue weighted by atomic mass is 10.1. The Morgan fingerprint density at radius 1 is 1.29 bits per heavy atom. The molecular formula is C17H15N3O3S. The Kier molecular flexibility index (Phi) is 3.87. The molecule has 0 aliphatic carbocycles. The first kappa shape index (κ1) is 15.0. The molecule has 1 saturated heterocycles. The lowest BCUT2D eigenvalue weighted by Gasteiger charge is -2.34. The molecule has 3 aromatic rings. The number of fused-ring (bicyclic) bond motifs is 1. The van der Waals surface area contributed by atoms with E-state index in [4.69, 9.17) is 4.74 Å². The molecule has 7 heteroatoms. The van der Waals surface area contributed by atoms with Crippen LogP contribution in [0.1, 0.15) is 11.0 Å². The Bertz CT molecular complexity index is 882. The van der Waals surface area contributed by atoms with Crippen molar-refractivity contribution in [2.45, 2.75) is 6.10 Å². The molecule has 3 heterocycles. The lowest BCUT2D eigenvalue weighted by molar-refractivity contribution is -0.383. The summed E-state index contributed by atoms with van der Waals surface area (Å²) >= 11 is 1.68. The van der Waals surface area contributed by atoms with E-state index in [1.165, 1.54) is 4.88 Å². The molecule has 0 bridgehead atoms. The summed E-state index contributed by atoms with van der Waals surface area (Å²) in [4.78, 5) is 18.7. The number of nitrogens with zero attached hydrogens (tertiary/aromatic N) is 3. The van der Waals surface area contributed by atoms with Crippen LogP contribution in [0.3, 0.4) is 0 Å². The number of hydrogen-bond acceptors (Lipinski definition) is 6. The third-order valence-electron chi connectivity index (χ3n) is 4.19. The number of nitro benzene ring substituents is 1. The van der Waals surface area contributed by atoms with Gasteiger partial charge in [-0.15, -0.1) is 11.3 Å². The highest BCUT2D eigenvalue weighted by molar-refractivity contribution is 7.10. The highest BCUT2D eigenvalue weighted by atomic mass is 32.1. The highest BCUT2D eigenvalue weighted by Crippen LogP contribution is 2.35. The van der Waals surface area contributed by atoms with E-state index >= 15 is 0 Å². The molecule has 0 saturated carbocycles. The van der Waals surface area contributed by atoms with Crippen molar-refractivity contribution >= 4 is 33.6 Å². The van der Waals surface area contributed by atoms with Crippen LogP contribution in [0.2, 0.25) is 0 Å². The molecule has 0 N–H and O–H groups in total. The van der Waals surface area contributed by atoms with Crippen LogP contribution in [0.5, 0.6) is 0 Å². The number of rotatable bonds is 3. The van der Waals surface area contributed by atoms with Crippen molar-refractivity contribution in [3.63, 3.8) is 0 Å². The van der Waals surface area contributed by atoms with Gasteiger partial charge in [-0.05, 0) is 29.6 Å². The van der Waals surface area contributed by atoms with Gasteiger partial charge in [0.2, 0.25) is 0 Å². The first-order valence-electron chi connectivity index (χ1n) is 7.66. The van der Waals surface area contributed by atoms with Gasteiger partial charge in [-0.1, -0.05) is 6.07 Å². The number of ether oxygens (including phenoxy) is 1. The van der Waals surface area contributed by atoms with Gasteiger partial charge in [0.15, 0.2) is 0 Å². The lowest BCUT2D eigenvalue weighted by Crippen LogP contribution is -2.38. The van der Waals surface area contributed by atoms with Gasteiger partial charge >= 0.3 is 0 Å². The van der Waals surface area contributed by atoms with Crippen molar-refractivity contribution in [1.82, 2.24) is 4.98 Å². The standard InChI is InChI=1S/C17H15N3O3S/c21-20(22)13-5-6-14(17-12(13)3-1-7-18-17)19-8-9-23-15(11-19)16-4-2-10-24-16/h1-7,10,15H,8-9,11H2. The predicted octanol–water partition coefficient (Wildman–Crippen LogP) is 3.78. The van der Waals surface area contributed by atoms with Gasteiger partial charge in [0.25, 0.3) is 5.69 Å². The number of hydrogen-bond donors (Lipinski definition) is 0. The summed E-state index contributed by atoms with van der Waals surface area (Å²) in [5, 5.41) is 13.9. The van der Waals surface area contributed by atoms with E-state index in [2.05, 4.69) is 16.0 Å². The Labute approximate surface area is 142 Å². The maximum absolute atomic E-state index is 11.3. The largest absolute Gasteiger partial charge is 0.369 e. The third-order valence-corrected chi connectivity index (χ3v) is 5.15. The normalized spacial score (nSPS) is 18.0. The zero-order valence-electron chi connectivity index (χ0n) is 12.8. The van der Waals surface area contributed by atoms with E-state index in [9.17, 15) is 10.1 Å². The molecule has 122 valence electrons. The second kappa shape index (κ2) is 6.18. The SMILES string of the molecule is O=[N+]([O-])c1ccc(N2CCOC(c3cccs3)C2)c2ncccc12. The fourth-order valence-corrected chi connectivity index (χ4v) is 3.84. The molecule has 0 spiro atoms. The van der Waals surface area contributed by atoms with E-state index < -0.39 is 0 Å². The van der Waals surface area contributed by atoms with E-state index in [1.54, 1.807) is 41.8 Å². The quantitative estimate of drug-likeness (QED) is 0.536. The summed E-state index contributed by atoms with van der Waals surface area (Å²) in [6.45, 7) is 2.07. The first-order chi connectivity index (χ1) is 11.7. The van der Waals surface area contributed by atoms with Gasteiger partial charge in [-0.3, -0.25) is 15.1 Å². The zero-order chi connectivity index (χ0) is 16.5. The molecular weight excluding hydrogens is 326 g/mol. The molecule has 0 amide bonds.